The smallest absolute Gasteiger partial charge is 0.407 e. The molecule has 0 spiro atoms. The lowest BCUT2D eigenvalue weighted by Crippen LogP contribution is -2.25. The number of rotatable bonds is 12. The van der Waals surface area contributed by atoms with Crippen LogP contribution in [0, 0.1) is 17.8 Å². The highest BCUT2D eigenvalue weighted by molar-refractivity contribution is 8.76. The number of nitrogens with one attached hydrogen (secondary N) is 1. The van der Waals surface area contributed by atoms with Crippen molar-refractivity contribution in [3.8, 4) is 11.8 Å². The summed E-state index contributed by atoms with van der Waals surface area (Å²) in [6.45, 7) is 7.69. The molecular formula is C16H29NO3S2. The van der Waals surface area contributed by atoms with Crippen molar-refractivity contribution in [3.63, 3.8) is 0 Å². The van der Waals surface area contributed by atoms with Gasteiger partial charge in [0, 0.05) is 18.3 Å². The van der Waals surface area contributed by atoms with Gasteiger partial charge in [-0.15, -0.1) is 0 Å². The van der Waals surface area contributed by atoms with E-state index in [2.05, 4.69) is 24.1 Å². The van der Waals surface area contributed by atoms with Gasteiger partial charge in [-0.1, -0.05) is 60.6 Å². The molecule has 0 saturated carbocycles. The molecule has 6 heteroatoms. The quantitative estimate of drug-likeness (QED) is 0.247. The van der Waals surface area contributed by atoms with E-state index in [0.29, 0.717) is 25.7 Å². The number of alkyl carbamates (subject to hydrolysis) is 1. The molecule has 1 N–H and O–H groups in total. The van der Waals surface area contributed by atoms with Crippen LogP contribution in [0.25, 0.3) is 0 Å². The summed E-state index contributed by atoms with van der Waals surface area (Å²) in [5, 5.41) is 2.60. The van der Waals surface area contributed by atoms with Gasteiger partial charge in [0.1, 0.15) is 5.94 Å². The van der Waals surface area contributed by atoms with Crippen LogP contribution < -0.4 is 5.32 Å². The third kappa shape index (κ3) is 17.5. The first kappa shape index (κ1) is 21.5. The lowest BCUT2D eigenvalue weighted by atomic mass is 10.2. The van der Waals surface area contributed by atoms with Crippen molar-refractivity contribution in [2.24, 2.45) is 5.92 Å². The Kier molecular flexibility index (Phi) is 16.5. The molecule has 0 fully saturated rings. The van der Waals surface area contributed by atoms with E-state index in [0.717, 1.165) is 18.8 Å². The SMILES string of the molecule is CCCCSSCOCCCCOC(=O)NCC#CC(C)C. The van der Waals surface area contributed by atoms with Crippen molar-refractivity contribution >= 4 is 27.7 Å². The number of hydrogen-bond donors (Lipinski definition) is 1. The minimum Gasteiger partial charge on any atom is -0.450 e. The standard InChI is InChI=1S/C16H29NO3S2/c1-4-5-13-21-22-14-19-11-6-7-12-20-16(18)17-10-8-9-15(2)3/h15H,4-7,10-14H2,1-3H3,(H,17,18). The molecule has 1 amide bonds. The van der Waals surface area contributed by atoms with Gasteiger partial charge in [-0.2, -0.15) is 0 Å². The zero-order valence-electron chi connectivity index (χ0n) is 14.0. The molecule has 22 heavy (non-hydrogen) atoms. The second-order valence-corrected chi connectivity index (χ2v) is 7.52. The lowest BCUT2D eigenvalue weighted by Gasteiger charge is -2.05. The number of unbranched alkanes of at least 4 members (excludes halogenated alkanes) is 2. The number of hydrogen-bond acceptors (Lipinski definition) is 5. The number of amides is 1. The molecule has 0 atom stereocenters. The monoisotopic (exact) mass is 347 g/mol. The normalized spacial score (nSPS) is 10.2. The van der Waals surface area contributed by atoms with E-state index in [9.17, 15) is 4.79 Å². The van der Waals surface area contributed by atoms with E-state index in [1.54, 1.807) is 10.8 Å². The molecule has 0 radical (unpaired) electrons. The summed E-state index contributed by atoms with van der Waals surface area (Å²) in [6.07, 6.45) is 3.83. The molecular weight excluding hydrogens is 318 g/mol. The van der Waals surface area contributed by atoms with Crippen molar-refractivity contribution in [2.45, 2.75) is 46.5 Å². The van der Waals surface area contributed by atoms with Gasteiger partial charge in [0.15, 0.2) is 0 Å². The summed E-state index contributed by atoms with van der Waals surface area (Å²) < 4.78 is 10.5. The maximum Gasteiger partial charge on any atom is 0.407 e. The van der Waals surface area contributed by atoms with Gasteiger partial charge in [-0.25, -0.2) is 4.79 Å². The van der Waals surface area contributed by atoms with E-state index in [1.165, 1.54) is 18.6 Å². The predicted molar refractivity (Wildman–Crippen MR) is 97.0 cm³/mol. The van der Waals surface area contributed by atoms with Gasteiger partial charge < -0.3 is 14.8 Å². The molecule has 0 aliphatic rings. The van der Waals surface area contributed by atoms with Crippen molar-refractivity contribution in [1.82, 2.24) is 5.32 Å². The fraction of sp³-hybridized carbons (Fsp3) is 0.812. The van der Waals surface area contributed by atoms with Crippen LogP contribution in [0.2, 0.25) is 0 Å². The Hall–Kier alpha value is -0.510. The van der Waals surface area contributed by atoms with Gasteiger partial charge in [-0.3, -0.25) is 0 Å². The van der Waals surface area contributed by atoms with E-state index in [4.69, 9.17) is 9.47 Å². The van der Waals surface area contributed by atoms with Crippen LogP contribution in [0.5, 0.6) is 0 Å². The first-order valence-electron chi connectivity index (χ1n) is 7.88. The maximum absolute atomic E-state index is 11.3. The van der Waals surface area contributed by atoms with Crippen molar-refractivity contribution in [3.05, 3.63) is 0 Å². The molecule has 0 unspecified atom stereocenters. The second kappa shape index (κ2) is 16.9. The molecule has 0 saturated heterocycles. The molecule has 0 heterocycles. The van der Waals surface area contributed by atoms with Gasteiger partial charge >= 0.3 is 6.09 Å². The highest BCUT2D eigenvalue weighted by Crippen LogP contribution is 2.22. The minimum absolute atomic E-state index is 0.320. The highest BCUT2D eigenvalue weighted by atomic mass is 33.1. The van der Waals surface area contributed by atoms with E-state index < -0.39 is 6.09 Å². The largest absolute Gasteiger partial charge is 0.450 e. The molecule has 0 bridgehead atoms. The average Bonchev–Trinajstić information content (AvgIpc) is 2.49. The van der Waals surface area contributed by atoms with Crippen LogP contribution in [0.4, 0.5) is 4.79 Å². The third-order valence-corrected chi connectivity index (χ3v) is 4.60. The fourth-order valence-electron chi connectivity index (χ4n) is 1.28. The molecule has 0 rings (SSSR count). The first-order valence-corrected chi connectivity index (χ1v) is 10.4. The van der Waals surface area contributed by atoms with E-state index >= 15 is 0 Å². The van der Waals surface area contributed by atoms with Crippen LogP contribution >= 0.6 is 21.6 Å². The maximum atomic E-state index is 11.3. The predicted octanol–water partition coefficient (Wildman–Crippen LogP) is 4.31. The second-order valence-electron chi connectivity index (χ2n) is 4.99. The van der Waals surface area contributed by atoms with Crippen molar-refractivity contribution in [2.75, 3.05) is 31.5 Å². The topological polar surface area (TPSA) is 47.6 Å². The number of carbonyl (C=O) groups excluding carboxylic acids is 1. The number of ether oxygens (including phenoxy) is 2. The number of carbonyl (C=O) groups is 1. The Bertz CT molecular complexity index is 327. The Labute approximate surface area is 143 Å². The highest BCUT2D eigenvalue weighted by Gasteiger charge is 1.99. The van der Waals surface area contributed by atoms with Gasteiger partial charge in [0.05, 0.1) is 13.2 Å². The molecule has 0 aliphatic carbocycles. The zero-order valence-corrected chi connectivity index (χ0v) is 15.6. The van der Waals surface area contributed by atoms with Crippen LogP contribution in [0.15, 0.2) is 0 Å². The molecule has 0 aromatic heterocycles. The zero-order chi connectivity index (χ0) is 16.5. The van der Waals surface area contributed by atoms with Gasteiger partial charge in [0.25, 0.3) is 0 Å². The van der Waals surface area contributed by atoms with Crippen LogP contribution in [-0.4, -0.2) is 37.5 Å². The third-order valence-electron chi connectivity index (χ3n) is 2.42. The first-order chi connectivity index (χ1) is 10.7. The summed E-state index contributed by atoms with van der Waals surface area (Å²) in [4.78, 5) is 11.3. The van der Waals surface area contributed by atoms with Crippen molar-refractivity contribution in [1.29, 1.82) is 0 Å². The lowest BCUT2D eigenvalue weighted by molar-refractivity contribution is 0.134. The van der Waals surface area contributed by atoms with Gasteiger partial charge in [-0.05, 0) is 19.3 Å². The van der Waals surface area contributed by atoms with Crippen LogP contribution in [0.3, 0.4) is 0 Å². The summed E-state index contributed by atoms with van der Waals surface area (Å²) in [7, 11) is 3.63. The van der Waals surface area contributed by atoms with Gasteiger partial charge in [0.2, 0.25) is 0 Å². The average molecular weight is 348 g/mol. The van der Waals surface area contributed by atoms with Crippen LogP contribution in [-0.2, 0) is 9.47 Å². The summed E-state index contributed by atoms with van der Waals surface area (Å²) >= 11 is 0. The van der Waals surface area contributed by atoms with E-state index in [-0.39, 0.29) is 0 Å². The van der Waals surface area contributed by atoms with Crippen molar-refractivity contribution < 1.29 is 14.3 Å². The Morgan fingerprint density at radius 3 is 2.68 bits per heavy atom. The Morgan fingerprint density at radius 1 is 1.18 bits per heavy atom. The Morgan fingerprint density at radius 2 is 1.95 bits per heavy atom. The molecule has 128 valence electrons. The Balaban J connectivity index is 3.22. The minimum atomic E-state index is -0.401. The summed E-state index contributed by atoms with van der Waals surface area (Å²) in [5.74, 6) is 8.08. The van der Waals surface area contributed by atoms with E-state index in [1.807, 2.05) is 24.6 Å². The van der Waals surface area contributed by atoms with Crippen LogP contribution in [0.1, 0.15) is 46.5 Å². The molecule has 0 aliphatic heterocycles. The summed E-state index contributed by atoms with van der Waals surface area (Å²) in [6, 6.07) is 0. The fourth-order valence-corrected chi connectivity index (χ4v) is 3.18. The molecule has 4 nitrogen and oxygen atoms in total. The summed E-state index contributed by atoms with van der Waals surface area (Å²) in [5.41, 5.74) is 0. The molecule has 0 aromatic rings. The molecule has 0 aromatic carbocycles.